The minimum Gasteiger partial charge on any atom is -0.494 e. The number of hydrogen-bond acceptors (Lipinski definition) is 6. The first-order valence-electron chi connectivity index (χ1n) is 11.2. The van der Waals surface area contributed by atoms with Gasteiger partial charge in [-0.2, -0.15) is 0 Å². The lowest BCUT2D eigenvalue weighted by Gasteiger charge is -2.16. The molecule has 0 bridgehead atoms. The third kappa shape index (κ3) is 5.58. The van der Waals surface area contributed by atoms with Crippen LogP contribution in [0.1, 0.15) is 54.0 Å². The van der Waals surface area contributed by atoms with Gasteiger partial charge in [0, 0.05) is 16.9 Å². The summed E-state index contributed by atoms with van der Waals surface area (Å²) >= 11 is 1.64. The van der Waals surface area contributed by atoms with E-state index in [2.05, 4.69) is 43.9 Å². The molecule has 1 aliphatic rings. The zero-order chi connectivity index (χ0) is 22.3. The van der Waals surface area contributed by atoms with Gasteiger partial charge in [0.1, 0.15) is 11.6 Å². The Balaban J connectivity index is 1.58. The van der Waals surface area contributed by atoms with Gasteiger partial charge in [-0.15, -0.1) is 10.2 Å². The topological polar surface area (TPSA) is 60.2 Å². The molecule has 1 aliphatic heterocycles. The number of carbonyl (C=O) groups is 1. The quantitative estimate of drug-likeness (QED) is 0.326. The average Bonchev–Trinajstić information content (AvgIpc) is 3.45. The Morgan fingerprint density at radius 2 is 1.84 bits per heavy atom. The summed E-state index contributed by atoms with van der Waals surface area (Å²) in [4.78, 5) is 14.3. The van der Waals surface area contributed by atoms with Gasteiger partial charge in [0.25, 0.3) is 0 Å². The van der Waals surface area contributed by atoms with Crippen molar-refractivity contribution >= 4 is 17.5 Å². The van der Waals surface area contributed by atoms with Crippen LogP contribution < -0.4 is 4.74 Å². The highest BCUT2D eigenvalue weighted by molar-refractivity contribution is 7.98. The van der Waals surface area contributed by atoms with Crippen molar-refractivity contribution in [2.75, 3.05) is 19.7 Å². The van der Waals surface area contributed by atoms with Crippen LogP contribution in [-0.2, 0) is 18.8 Å². The number of rotatable bonds is 10. The normalized spacial score (nSPS) is 14.1. The van der Waals surface area contributed by atoms with Gasteiger partial charge in [0.05, 0.1) is 19.7 Å². The van der Waals surface area contributed by atoms with E-state index in [1.807, 2.05) is 31.2 Å². The highest BCUT2D eigenvalue weighted by Crippen LogP contribution is 2.29. The number of benzene rings is 2. The van der Waals surface area contributed by atoms with Gasteiger partial charge in [-0.1, -0.05) is 42.1 Å². The molecular weight excluding hydrogens is 420 g/mol. The van der Waals surface area contributed by atoms with Crippen LogP contribution in [0.5, 0.6) is 5.75 Å². The molecule has 0 amide bonds. The Kier molecular flexibility index (Phi) is 7.60. The second-order valence-electron chi connectivity index (χ2n) is 8.05. The molecule has 168 valence electrons. The zero-order valence-corrected chi connectivity index (χ0v) is 19.6. The van der Waals surface area contributed by atoms with Gasteiger partial charge in [-0.3, -0.25) is 9.69 Å². The highest BCUT2D eigenvalue weighted by atomic mass is 32.2. The SMILES string of the molecule is CCOc1ccc(C(C)=O)cc1CSc1nnc(CN2CCCC2)n1Cc1ccccc1. The summed E-state index contributed by atoms with van der Waals surface area (Å²) in [5.41, 5.74) is 2.93. The molecule has 2 aromatic carbocycles. The van der Waals surface area contributed by atoms with Crippen molar-refractivity contribution < 1.29 is 9.53 Å². The van der Waals surface area contributed by atoms with Crippen molar-refractivity contribution in [1.82, 2.24) is 19.7 Å². The molecule has 0 spiro atoms. The fourth-order valence-corrected chi connectivity index (χ4v) is 4.89. The lowest BCUT2D eigenvalue weighted by Crippen LogP contribution is -2.21. The summed E-state index contributed by atoms with van der Waals surface area (Å²) in [6.45, 7) is 7.95. The van der Waals surface area contributed by atoms with Crippen LogP contribution in [0.15, 0.2) is 53.7 Å². The molecule has 3 aromatic rings. The van der Waals surface area contributed by atoms with Crippen molar-refractivity contribution in [2.24, 2.45) is 0 Å². The van der Waals surface area contributed by atoms with Crippen LogP contribution >= 0.6 is 11.8 Å². The van der Waals surface area contributed by atoms with Crippen LogP contribution in [0.3, 0.4) is 0 Å². The molecule has 0 saturated carbocycles. The number of hydrogen-bond donors (Lipinski definition) is 0. The van der Waals surface area contributed by atoms with Crippen molar-refractivity contribution in [3.05, 3.63) is 71.0 Å². The van der Waals surface area contributed by atoms with Gasteiger partial charge >= 0.3 is 0 Å². The second-order valence-corrected chi connectivity index (χ2v) is 9.00. The fraction of sp³-hybridized carbons (Fsp3) is 0.400. The summed E-state index contributed by atoms with van der Waals surface area (Å²) in [5, 5.41) is 9.99. The number of Topliss-reactive ketones (excluding diaryl/α,β-unsaturated/α-hetero) is 1. The first-order chi connectivity index (χ1) is 15.6. The number of likely N-dealkylation sites (tertiary alicyclic amines) is 1. The van der Waals surface area contributed by atoms with Crippen LogP contribution in [0.4, 0.5) is 0 Å². The number of carbonyl (C=O) groups excluding carboxylic acids is 1. The molecule has 0 aliphatic carbocycles. The van der Waals surface area contributed by atoms with E-state index in [0.29, 0.717) is 17.9 Å². The number of nitrogens with zero attached hydrogens (tertiary/aromatic N) is 4. The fourth-order valence-electron chi connectivity index (χ4n) is 3.96. The van der Waals surface area contributed by atoms with Crippen molar-refractivity contribution in [3.63, 3.8) is 0 Å². The Hall–Kier alpha value is -2.64. The molecule has 1 aromatic heterocycles. The molecule has 1 fully saturated rings. The lowest BCUT2D eigenvalue weighted by atomic mass is 10.1. The lowest BCUT2D eigenvalue weighted by molar-refractivity contribution is 0.101. The molecule has 0 atom stereocenters. The predicted molar refractivity (Wildman–Crippen MR) is 127 cm³/mol. The molecule has 0 unspecified atom stereocenters. The second kappa shape index (κ2) is 10.8. The van der Waals surface area contributed by atoms with E-state index in [1.54, 1.807) is 18.7 Å². The van der Waals surface area contributed by atoms with E-state index in [1.165, 1.54) is 18.4 Å². The van der Waals surface area contributed by atoms with Crippen LogP contribution in [-0.4, -0.2) is 45.1 Å². The summed E-state index contributed by atoms with van der Waals surface area (Å²) in [6, 6.07) is 16.1. The van der Waals surface area contributed by atoms with Crippen LogP contribution in [0, 0.1) is 0 Å². The van der Waals surface area contributed by atoms with Gasteiger partial charge in [-0.05, 0) is 63.5 Å². The summed E-state index contributed by atoms with van der Waals surface area (Å²) in [6.07, 6.45) is 2.50. The molecule has 0 radical (unpaired) electrons. The Morgan fingerprint density at radius 3 is 2.56 bits per heavy atom. The molecule has 2 heterocycles. The van der Waals surface area contributed by atoms with E-state index in [9.17, 15) is 4.79 Å². The summed E-state index contributed by atoms with van der Waals surface area (Å²) < 4.78 is 8.04. The van der Waals surface area contributed by atoms with Crippen LogP contribution in [0.2, 0.25) is 0 Å². The first-order valence-corrected chi connectivity index (χ1v) is 12.2. The maximum absolute atomic E-state index is 11.9. The van der Waals surface area contributed by atoms with Crippen molar-refractivity contribution in [3.8, 4) is 5.75 Å². The first kappa shape index (κ1) is 22.6. The van der Waals surface area contributed by atoms with E-state index < -0.39 is 0 Å². The van der Waals surface area contributed by atoms with Gasteiger partial charge in [0.2, 0.25) is 0 Å². The van der Waals surface area contributed by atoms with Gasteiger partial charge in [-0.25, -0.2) is 0 Å². The minimum absolute atomic E-state index is 0.0550. The number of aromatic nitrogens is 3. The number of thioether (sulfide) groups is 1. The summed E-state index contributed by atoms with van der Waals surface area (Å²) in [5.74, 6) is 2.53. The molecular formula is C25H30N4O2S. The van der Waals surface area contributed by atoms with E-state index >= 15 is 0 Å². The molecule has 7 heteroatoms. The number of ketones is 1. The van der Waals surface area contributed by atoms with E-state index in [-0.39, 0.29) is 5.78 Å². The average molecular weight is 451 g/mol. The maximum atomic E-state index is 11.9. The standard InChI is InChI=1S/C25H30N4O2S/c1-3-31-23-12-11-21(19(2)30)15-22(23)18-32-25-27-26-24(17-28-13-7-8-14-28)29(25)16-20-9-5-4-6-10-20/h4-6,9-12,15H,3,7-8,13-14,16-18H2,1-2H3. The largest absolute Gasteiger partial charge is 0.494 e. The molecule has 6 nitrogen and oxygen atoms in total. The Morgan fingerprint density at radius 1 is 1.06 bits per heavy atom. The smallest absolute Gasteiger partial charge is 0.191 e. The predicted octanol–water partition coefficient (Wildman–Crippen LogP) is 4.82. The van der Waals surface area contributed by atoms with Gasteiger partial charge < -0.3 is 9.30 Å². The molecule has 0 N–H and O–H groups in total. The molecule has 4 rings (SSSR count). The van der Waals surface area contributed by atoms with Crippen LogP contribution in [0.25, 0.3) is 0 Å². The monoisotopic (exact) mass is 450 g/mol. The van der Waals surface area contributed by atoms with Gasteiger partial charge in [0.15, 0.2) is 10.9 Å². The van der Waals surface area contributed by atoms with Crippen molar-refractivity contribution in [1.29, 1.82) is 0 Å². The number of ether oxygens (including phenoxy) is 1. The van der Waals surface area contributed by atoms with E-state index in [4.69, 9.17) is 4.74 Å². The Labute approximate surface area is 194 Å². The Bertz CT molecular complexity index is 1050. The summed E-state index contributed by atoms with van der Waals surface area (Å²) in [7, 11) is 0. The third-order valence-electron chi connectivity index (χ3n) is 5.66. The molecule has 32 heavy (non-hydrogen) atoms. The highest BCUT2D eigenvalue weighted by Gasteiger charge is 2.19. The zero-order valence-electron chi connectivity index (χ0n) is 18.8. The third-order valence-corrected chi connectivity index (χ3v) is 6.68. The minimum atomic E-state index is 0.0550. The maximum Gasteiger partial charge on any atom is 0.191 e. The molecule has 1 saturated heterocycles. The van der Waals surface area contributed by atoms with E-state index in [0.717, 1.165) is 48.5 Å². The van der Waals surface area contributed by atoms with Crippen molar-refractivity contribution in [2.45, 2.75) is 50.7 Å².